The molecule has 0 saturated heterocycles. The topological polar surface area (TPSA) is 84.9 Å². The molecule has 2 N–H and O–H groups in total. The quantitative estimate of drug-likeness (QED) is 0.652. The summed E-state index contributed by atoms with van der Waals surface area (Å²) in [6.45, 7) is 0.464. The van der Waals surface area contributed by atoms with Crippen LogP contribution in [0, 0.1) is 0 Å². The van der Waals surface area contributed by atoms with E-state index < -0.39 is 11.4 Å². The van der Waals surface area contributed by atoms with Gasteiger partial charge in [-0.2, -0.15) is 0 Å². The van der Waals surface area contributed by atoms with Crippen LogP contribution in [-0.4, -0.2) is 49.3 Å². The van der Waals surface area contributed by atoms with Crippen molar-refractivity contribution in [3.8, 4) is 11.5 Å². The van der Waals surface area contributed by atoms with Gasteiger partial charge in [-0.1, -0.05) is 18.9 Å². The van der Waals surface area contributed by atoms with Crippen LogP contribution in [0.5, 0.6) is 11.5 Å². The van der Waals surface area contributed by atoms with E-state index in [1.165, 1.54) is 11.8 Å². The van der Waals surface area contributed by atoms with Gasteiger partial charge in [-0.15, -0.1) is 11.8 Å². The number of nitrogens with one attached hydrogen (secondary N) is 1. The molecule has 0 radical (unpaired) electrons. The zero-order chi connectivity index (χ0) is 18.3. The van der Waals surface area contributed by atoms with Crippen molar-refractivity contribution < 1.29 is 24.2 Å². The molecule has 6 nitrogen and oxygen atoms in total. The van der Waals surface area contributed by atoms with E-state index in [1.807, 2.05) is 18.2 Å². The fraction of sp³-hybridized carbons (Fsp3) is 0.556. The minimum Gasteiger partial charge on any atom is -0.493 e. The SMILES string of the molecule is COc1ccc(C2(C(=O)NCCSCC(=O)O)CCCC2)cc1OC. The van der Waals surface area contributed by atoms with Gasteiger partial charge in [-0.3, -0.25) is 9.59 Å². The van der Waals surface area contributed by atoms with Crippen molar-refractivity contribution in [3.63, 3.8) is 0 Å². The number of benzene rings is 1. The Morgan fingerprint density at radius 2 is 1.88 bits per heavy atom. The fourth-order valence-corrected chi connectivity index (χ4v) is 3.89. The third-order valence-corrected chi connectivity index (χ3v) is 5.53. The van der Waals surface area contributed by atoms with Crippen molar-refractivity contribution in [2.24, 2.45) is 0 Å². The number of hydrogen-bond donors (Lipinski definition) is 2. The summed E-state index contributed by atoms with van der Waals surface area (Å²) in [4.78, 5) is 23.4. The number of rotatable bonds is 9. The number of amides is 1. The molecule has 138 valence electrons. The Morgan fingerprint density at radius 3 is 2.48 bits per heavy atom. The maximum atomic E-state index is 12.9. The molecule has 0 heterocycles. The Labute approximate surface area is 152 Å². The molecule has 0 atom stereocenters. The van der Waals surface area contributed by atoms with Gasteiger partial charge in [0.25, 0.3) is 0 Å². The summed E-state index contributed by atoms with van der Waals surface area (Å²) in [5.41, 5.74) is 0.398. The lowest BCUT2D eigenvalue weighted by Crippen LogP contribution is -2.43. The van der Waals surface area contributed by atoms with Crippen LogP contribution in [0.4, 0.5) is 0 Å². The highest BCUT2D eigenvalue weighted by Gasteiger charge is 2.42. The van der Waals surface area contributed by atoms with Crippen molar-refractivity contribution in [2.75, 3.05) is 32.3 Å². The average Bonchev–Trinajstić information content (AvgIpc) is 3.11. The second-order valence-corrected chi connectivity index (χ2v) is 7.17. The van der Waals surface area contributed by atoms with E-state index in [4.69, 9.17) is 14.6 Å². The third kappa shape index (κ3) is 4.60. The third-order valence-electron chi connectivity index (χ3n) is 4.59. The summed E-state index contributed by atoms with van der Waals surface area (Å²) in [5.74, 6) is 1.07. The van der Waals surface area contributed by atoms with Gasteiger partial charge in [-0.25, -0.2) is 0 Å². The second kappa shape index (κ2) is 8.99. The molecule has 1 amide bonds. The highest BCUT2D eigenvalue weighted by molar-refractivity contribution is 7.99. The second-order valence-electron chi connectivity index (χ2n) is 6.06. The largest absolute Gasteiger partial charge is 0.493 e. The molecule has 1 aromatic carbocycles. The van der Waals surface area contributed by atoms with Crippen LogP contribution in [0.15, 0.2) is 18.2 Å². The number of ether oxygens (including phenoxy) is 2. The van der Waals surface area contributed by atoms with E-state index in [2.05, 4.69) is 5.32 Å². The number of carboxylic acid groups (broad SMARTS) is 1. The van der Waals surface area contributed by atoms with E-state index in [0.717, 1.165) is 31.2 Å². The number of methoxy groups -OCH3 is 2. The molecule has 7 heteroatoms. The van der Waals surface area contributed by atoms with Gasteiger partial charge in [0.2, 0.25) is 5.91 Å². The molecule has 0 aliphatic heterocycles. The highest BCUT2D eigenvalue weighted by atomic mass is 32.2. The predicted molar refractivity (Wildman–Crippen MR) is 97.7 cm³/mol. The lowest BCUT2D eigenvalue weighted by atomic mass is 9.78. The molecule has 0 spiro atoms. The van der Waals surface area contributed by atoms with Crippen molar-refractivity contribution in [1.82, 2.24) is 5.32 Å². The zero-order valence-corrected chi connectivity index (χ0v) is 15.5. The molecule has 0 unspecified atom stereocenters. The Hall–Kier alpha value is -1.89. The maximum Gasteiger partial charge on any atom is 0.313 e. The molecule has 1 saturated carbocycles. The van der Waals surface area contributed by atoms with Gasteiger partial charge in [0, 0.05) is 12.3 Å². The van der Waals surface area contributed by atoms with E-state index >= 15 is 0 Å². The minimum absolute atomic E-state index is 0.00754. The van der Waals surface area contributed by atoms with Crippen LogP contribution in [0.2, 0.25) is 0 Å². The monoisotopic (exact) mass is 367 g/mol. The smallest absolute Gasteiger partial charge is 0.313 e. The Kier molecular flexibility index (Phi) is 6.99. The summed E-state index contributed by atoms with van der Waals surface area (Å²) in [5, 5.41) is 11.6. The van der Waals surface area contributed by atoms with E-state index in [-0.39, 0.29) is 11.7 Å². The molecule has 2 rings (SSSR count). The van der Waals surface area contributed by atoms with Crippen molar-refractivity contribution in [2.45, 2.75) is 31.1 Å². The van der Waals surface area contributed by atoms with Crippen LogP contribution in [0.25, 0.3) is 0 Å². The van der Waals surface area contributed by atoms with Crippen LogP contribution in [-0.2, 0) is 15.0 Å². The molecule has 0 bridgehead atoms. The Balaban J connectivity index is 2.10. The number of thioether (sulfide) groups is 1. The Morgan fingerprint density at radius 1 is 1.20 bits per heavy atom. The first-order valence-corrected chi connectivity index (χ1v) is 9.49. The molecule has 1 aliphatic rings. The van der Waals surface area contributed by atoms with Crippen LogP contribution >= 0.6 is 11.8 Å². The Bertz CT molecular complexity index is 613. The fourth-order valence-electron chi connectivity index (χ4n) is 3.32. The summed E-state index contributed by atoms with van der Waals surface area (Å²) in [7, 11) is 3.17. The minimum atomic E-state index is -0.839. The molecule has 1 fully saturated rings. The molecule has 1 aliphatic carbocycles. The number of carbonyl (C=O) groups excluding carboxylic acids is 1. The van der Waals surface area contributed by atoms with E-state index in [1.54, 1.807) is 14.2 Å². The molecule has 1 aromatic rings. The van der Waals surface area contributed by atoms with Crippen molar-refractivity contribution >= 4 is 23.6 Å². The normalized spacial score (nSPS) is 15.6. The number of hydrogen-bond acceptors (Lipinski definition) is 5. The first-order chi connectivity index (χ1) is 12.0. The number of carboxylic acids is 1. The van der Waals surface area contributed by atoms with Gasteiger partial charge in [-0.05, 0) is 30.5 Å². The number of carbonyl (C=O) groups is 2. The first-order valence-electron chi connectivity index (χ1n) is 8.34. The number of aliphatic carboxylic acids is 1. The van der Waals surface area contributed by atoms with E-state index in [9.17, 15) is 9.59 Å². The zero-order valence-electron chi connectivity index (χ0n) is 14.7. The van der Waals surface area contributed by atoms with Crippen LogP contribution in [0.3, 0.4) is 0 Å². The lowest BCUT2D eigenvalue weighted by Gasteiger charge is -2.29. The van der Waals surface area contributed by atoms with Gasteiger partial charge in [0.15, 0.2) is 11.5 Å². The average molecular weight is 367 g/mol. The summed E-state index contributed by atoms with van der Waals surface area (Å²) < 4.78 is 10.7. The van der Waals surface area contributed by atoms with Gasteiger partial charge < -0.3 is 19.9 Å². The summed E-state index contributed by atoms with van der Waals surface area (Å²) in [6, 6.07) is 5.67. The van der Waals surface area contributed by atoms with Gasteiger partial charge in [0.1, 0.15) is 0 Å². The van der Waals surface area contributed by atoms with Crippen LogP contribution in [0.1, 0.15) is 31.2 Å². The van der Waals surface area contributed by atoms with Crippen molar-refractivity contribution in [3.05, 3.63) is 23.8 Å². The molecule has 25 heavy (non-hydrogen) atoms. The summed E-state index contributed by atoms with van der Waals surface area (Å²) in [6.07, 6.45) is 3.62. The maximum absolute atomic E-state index is 12.9. The van der Waals surface area contributed by atoms with Gasteiger partial charge in [0.05, 0.1) is 25.4 Å². The highest BCUT2D eigenvalue weighted by Crippen LogP contribution is 2.43. The predicted octanol–water partition coefficient (Wildman–Crippen LogP) is 2.45. The molecular formula is C18H25NO5S. The summed E-state index contributed by atoms with van der Waals surface area (Å²) >= 11 is 1.30. The van der Waals surface area contributed by atoms with Crippen molar-refractivity contribution in [1.29, 1.82) is 0 Å². The van der Waals surface area contributed by atoms with E-state index in [0.29, 0.717) is 23.8 Å². The first kappa shape index (κ1) is 19.4. The standard InChI is InChI=1S/C18H25NO5S/c1-23-14-6-5-13(11-15(14)24-2)18(7-3-4-8-18)17(22)19-9-10-25-12-16(20)21/h5-6,11H,3-4,7-10,12H2,1-2H3,(H,19,22)(H,20,21). The molecular weight excluding hydrogens is 342 g/mol. The van der Waals surface area contributed by atoms with Gasteiger partial charge >= 0.3 is 5.97 Å². The molecule has 0 aromatic heterocycles. The lowest BCUT2D eigenvalue weighted by molar-refractivity contribution is -0.134. The van der Waals surface area contributed by atoms with Crippen LogP contribution < -0.4 is 14.8 Å².